The molecule has 0 aromatic heterocycles. The van der Waals surface area contributed by atoms with Gasteiger partial charge in [0.05, 0.1) is 16.3 Å². The van der Waals surface area contributed by atoms with Crippen molar-refractivity contribution in [3.8, 4) is 0 Å². The normalized spacial score (nSPS) is 12.7. The molecule has 0 saturated heterocycles. The maximum atomic E-state index is 12.2. The molecule has 0 bridgehead atoms. The Morgan fingerprint density at radius 2 is 1.67 bits per heavy atom. The third-order valence-corrected chi connectivity index (χ3v) is 6.04. The first kappa shape index (κ1) is 17.8. The monoisotopic (exact) mass is 313 g/mol. The third kappa shape index (κ3) is 3.68. The van der Waals surface area contributed by atoms with Crippen LogP contribution in [0.2, 0.25) is 0 Å². The van der Waals surface area contributed by atoms with E-state index >= 15 is 0 Å². The third-order valence-electron chi connectivity index (χ3n) is 4.23. The molecule has 0 atom stereocenters. The Hall–Kier alpha value is -1.27. The summed E-state index contributed by atoms with van der Waals surface area (Å²) in [7, 11) is -0.412. The van der Waals surface area contributed by atoms with Crippen LogP contribution in [0.4, 0.5) is 11.4 Å². The summed E-state index contributed by atoms with van der Waals surface area (Å²) in [6, 6.07) is 4.81. The van der Waals surface area contributed by atoms with Gasteiger partial charge in [-0.2, -0.15) is 0 Å². The molecular weight excluding hydrogens is 286 g/mol. The van der Waals surface area contributed by atoms with Gasteiger partial charge >= 0.3 is 0 Å². The Morgan fingerprint density at radius 1 is 1.14 bits per heavy atom. The van der Waals surface area contributed by atoms with Crippen LogP contribution in [-0.2, 0) is 10.0 Å². The zero-order valence-electron chi connectivity index (χ0n) is 13.6. The molecule has 0 heterocycles. The lowest BCUT2D eigenvalue weighted by Gasteiger charge is -2.33. The Bertz CT molecular complexity index is 570. The van der Waals surface area contributed by atoms with E-state index in [2.05, 4.69) is 26.1 Å². The first-order valence-electron chi connectivity index (χ1n) is 7.32. The van der Waals surface area contributed by atoms with Crippen molar-refractivity contribution in [2.75, 3.05) is 25.1 Å². The first-order chi connectivity index (χ1) is 9.72. The van der Waals surface area contributed by atoms with Crippen molar-refractivity contribution in [3.63, 3.8) is 0 Å². The van der Waals surface area contributed by atoms with Gasteiger partial charge in [0.1, 0.15) is 0 Å². The lowest BCUT2D eigenvalue weighted by Crippen LogP contribution is -2.36. The molecule has 0 amide bonds. The minimum atomic E-state index is -3.45. The van der Waals surface area contributed by atoms with Crippen molar-refractivity contribution in [3.05, 3.63) is 18.2 Å². The molecule has 21 heavy (non-hydrogen) atoms. The summed E-state index contributed by atoms with van der Waals surface area (Å²) in [5, 5.41) is 3.45. The lowest BCUT2D eigenvalue weighted by molar-refractivity contribution is 0.420. The molecule has 0 spiro atoms. The van der Waals surface area contributed by atoms with Gasteiger partial charge in [-0.25, -0.2) is 12.7 Å². The summed E-state index contributed by atoms with van der Waals surface area (Å²) in [4.78, 5) is 0.251. The van der Waals surface area contributed by atoms with Gasteiger partial charge < -0.3 is 11.1 Å². The van der Waals surface area contributed by atoms with Crippen molar-refractivity contribution in [2.24, 2.45) is 0 Å². The van der Waals surface area contributed by atoms with Crippen molar-refractivity contribution < 1.29 is 8.42 Å². The molecule has 0 saturated carbocycles. The molecule has 0 aliphatic carbocycles. The highest BCUT2D eigenvalue weighted by molar-refractivity contribution is 7.89. The minimum absolute atomic E-state index is 0.0609. The first-order valence-corrected chi connectivity index (χ1v) is 8.76. The summed E-state index contributed by atoms with van der Waals surface area (Å²) < 4.78 is 25.7. The van der Waals surface area contributed by atoms with E-state index in [1.807, 2.05) is 0 Å². The summed E-state index contributed by atoms with van der Waals surface area (Å²) in [5.41, 5.74) is 7.19. The predicted molar refractivity (Wildman–Crippen MR) is 89.0 cm³/mol. The van der Waals surface area contributed by atoms with Crippen LogP contribution < -0.4 is 11.1 Å². The molecule has 0 fully saturated rings. The maximum Gasteiger partial charge on any atom is 0.242 e. The Kier molecular flexibility index (Phi) is 5.64. The average molecular weight is 313 g/mol. The molecule has 1 rings (SSSR count). The highest BCUT2D eigenvalue weighted by Crippen LogP contribution is 2.31. The van der Waals surface area contributed by atoms with Gasteiger partial charge in [-0.15, -0.1) is 0 Å². The van der Waals surface area contributed by atoms with Crippen molar-refractivity contribution >= 4 is 21.4 Å². The molecule has 0 aliphatic rings. The van der Waals surface area contributed by atoms with Crippen molar-refractivity contribution in [1.29, 1.82) is 0 Å². The molecule has 1 aromatic rings. The van der Waals surface area contributed by atoms with E-state index in [9.17, 15) is 8.42 Å². The topological polar surface area (TPSA) is 75.4 Å². The van der Waals surface area contributed by atoms with Gasteiger partial charge in [0.25, 0.3) is 0 Å². The van der Waals surface area contributed by atoms with Crippen molar-refractivity contribution in [2.45, 2.75) is 50.5 Å². The fourth-order valence-corrected chi connectivity index (χ4v) is 3.24. The van der Waals surface area contributed by atoms with Crippen LogP contribution >= 0.6 is 0 Å². The molecule has 5 nitrogen and oxygen atoms in total. The number of nitrogens with two attached hydrogens (primary N) is 1. The van der Waals surface area contributed by atoms with E-state index in [0.717, 1.165) is 19.3 Å². The van der Waals surface area contributed by atoms with Crippen LogP contribution in [0.3, 0.4) is 0 Å². The van der Waals surface area contributed by atoms with Crippen LogP contribution in [0.15, 0.2) is 23.1 Å². The second-order valence-corrected chi connectivity index (χ2v) is 7.65. The van der Waals surface area contributed by atoms with Gasteiger partial charge in [0, 0.05) is 19.6 Å². The Morgan fingerprint density at radius 3 is 2.10 bits per heavy atom. The second-order valence-electron chi connectivity index (χ2n) is 5.50. The largest absolute Gasteiger partial charge is 0.397 e. The number of anilines is 2. The number of hydrogen-bond acceptors (Lipinski definition) is 4. The zero-order chi connectivity index (χ0) is 16.3. The number of nitrogens with one attached hydrogen (secondary N) is 1. The molecule has 0 unspecified atom stereocenters. The summed E-state index contributed by atoms with van der Waals surface area (Å²) in [6.45, 7) is 6.36. The van der Waals surface area contributed by atoms with E-state index in [0.29, 0.717) is 11.4 Å². The van der Waals surface area contributed by atoms with E-state index in [4.69, 9.17) is 5.73 Å². The van der Waals surface area contributed by atoms with Gasteiger partial charge in [-0.05, 0) is 37.5 Å². The average Bonchev–Trinajstić information content (AvgIpc) is 2.46. The van der Waals surface area contributed by atoms with Crippen LogP contribution in [0.5, 0.6) is 0 Å². The maximum absolute atomic E-state index is 12.2. The number of hydrogen-bond donors (Lipinski definition) is 2. The summed E-state index contributed by atoms with van der Waals surface area (Å²) in [5.74, 6) is 0. The number of nitrogen functional groups attached to an aromatic ring is 1. The summed E-state index contributed by atoms with van der Waals surface area (Å²) in [6.07, 6.45) is 2.85. The van der Waals surface area contributed by atoms with Crippen LogP contribution in [0, 0.1) is 0 Å². The SMILES string of the molecule is CCC(CC)(CC)Nc1cc(S(=O)(=O)N(C)C)ccc1N. The molecule has 0 radical (unpaired) electrons. The molecule has 6 heteroatoms. The second kappa shape index (κ2) is 6.66. The van der Waals surface area contributed by atoms with E-state index in [-0.39, 0.29) is 10.4 Å². The fraction of sp³-hybridized carbons (Fsp3) is 0.600. The minimum Gasteiger partial charge on any atom is -0.397 e. The molecule has 120 valence electrons. The highest BCUT2D eigenvalue weighted by atomic mass is 32.2. The van der Waals surface area contributed by atoms with Crippen molar-refractivity contribution in [1.82, 2.24) is 4.31 Å². The van der Waals surface area contributed by atoms with Gasteiger partial charge in [0.2, 0.25) is 10.0 Å². The lowest BCUT2D eigenvalue weighted by atomic mass is 9.89. The Labute approximate surface area is 128 Å². The predicted octanol–water partition coefficient (Wildman–Crippen LogP) is 2.90. The fourth-order valence-electron chi connectivity index (χ4n) is 2.32. The number of sulfonamides is 1. The van der Waals surface area contributed by atoms with E-state index in [1.165, 1.54) is 18.4 Å². The number of nitrogens with zero attached hydrogens (tertiary/aromatic N) is 1. The molecule has 0 aliphatic heterocycles. The van der Waals surface area contributed by atoms with E-state index < -0.39 is 10.0 Å². The number of benzene rings is 1. The highest BCUT2D eigenvalue weighted by Gasteiger charge is 2.25. The Balaban J connectivity index is 3.26. The van der Waals surface area contributed by atoms with Gasteiger partial charge in [-0.1, -0.05) is 20.8 Å². The molecule has 1 aromatic carbocycles. The zero-order valence-corrected chi connectivity index (χ0v) is 14.4. The van der Waals surface area contributed by atoms with Gasteiger partial charge in [0.15, 0.2) is 0 Å². The smallest absolute Gasteiger partial charge is 0.242 e. The van der Waals surface area contributed by atoms with Crippen LogP contribution in [0.1, 0.15) is 40.0 Å². The standard InChI is InChI=1S/C15H27N3O2S/c1-6-15(7-2,8-3)17-14-11-12(9-10-13(14)16)21(19,20)18(4)5/h9-11,17H,6-8,16H2,1-5H3. The quantitative estimate of drug-likeness (QED) is 0.759. The molecular formula is C15H27N3O2S. The molecule has 3 N–H and O–H groups in total. The summed E-state index contributed by atoms with van der Waals surface area (Å²) >= 11 is 0. The van der Waals surface area contributed by atoms with Crippen LogP contribution in [-0.4, -0.2) is 32.4 Å². The van der Waals surface area contributed by atoms with Gasteiger partial charge in [-0.3, -0.25) is 0 Å². The van der Waals surface area contributed by atoms with E-state index in [1.54, 1.807) is 18.2 Å². The van der Waals surface area contributed by atoms with Crippen LogP contribution in [0.25, 0.3) is 0 Å². The number of rotatable bonds is 7.